The fourth-order valence-electron chi connectivity index (χ4n) is 4.22. The van der Waals surface area contributed by atoms with E-state index in [0.717, 1.165) is 45.3 Å². The molecule has 0 amide bonds. The summed E-state index contributed by atoms with van der Waals surface area (Å²) in [5.41, 5.74) is 5.97. The molecule has 0 spiro atoms. The molecule has 2 aliphatic rings. The first-order valence-corrected chi connectivity index (χ1v) is 9.80. The van der Waals surface area contributed by atoms with Crippen LogP contribution in [0.1, 0.15) is 24.0 Å². The van der Waals surface area contributed by atoms with Gasteiger partial charge >= 0.3 is 5.97 Å². The van der Waals surface area contributed by atoms with E-state index in [0.29, 0.717) is 12.1 Å². The summed E-state index contributed by atoms with van der Waals surface area (Å²) in [6.45, 7) is 3.37. The first-order chi connectivity index (χ1) is 13.2. The third-order valence-corrected chi connectivity index (χ3v) is 5.59. The van der Waals surface area contributed by atoms with Gasteiger partial charge in [0.05, 0.1) is 0 Å². The maximum absolute atomic E-state index is 11.2. The Morgan fingerprint density at radius 2 is 1.56 bits per heavy atom. The third-order valence-electron chi connectivity index (χ3n) is 5.59. The molecule has 2 aromatic rings. The van der Waals surface area contributed by atoms with Crippen molar-refractivity contribution >= 4 is 17.3 Å². The van der Waals surface area contributed by atoms with E-state index < -0.39 is 5.97 Å². The highest BCUT2D eigenvalue weighted by molar-refractivity contribution is 5.87. The Balaban J connectivity index is 1.49. The van der Waals surface area contributed by atoms with E-state index in [-0.39, 0.29) is 0 Å². The molecule has 2 aromatic carbocycles. The highest BCUT2D eigenvalue weighted by Gasteiger charge is 2.21. The van der Waals surface area contributed by atoms with E-state index in [1.54, 1.807) is 0 Å². The smallest absolute Gasteiger partial charge is 0.332 e. The van der Waals surface area contributed by atoms with Crippen molar-refractivity contribution in [3.63, 3.8) is 0 Å². The Bertz CT molecular complexity index is 811. The summed E-state index contributed by atoms with van der Waals surface area (Å²) in [6, 6.07) is 17.4. The van der Waals surface area contributed by atoms with Crippen molar-refractivity contribution in [1.82, 2.24) is 4.90 Å². The van der Waals surface area contributed by atoms with Crippen LogP contribution in [0.25, 0.3) is 0 Å². The van der Waals surface area contributed by atoms with Gasteiger partial charge in [-0.15, -0.1) is 0 Å². The number of hydrogen-bond donors (Lipinski definition) is 1. The molecular weight excluding hydrogens is 336 g/mol. The minimum absolute atomic E-state index is 0.534. The predicted molar refractivity (Wildman–Crippen MR) is 109 cm³/mol. The standard InChI is InChI=1S/C23H26N2O2/c26-23(27)20-9-5-14-24(17-20)15-6-16-25-21-10-3-1-7-18(21)12-13-19-8-2-4-11-22(19)25/h1-4,7-11H,5-6,12-17H2,(H,26,27). The average Bonchev–Trinajstić information content (AvgIpc) is 2.86. The van der Waals surface area contributed by atoms with Crippen LogP contribution >= 0.6 is 0 Å². The van der Waals surface area contributed by atoms with Crippen molar-refractivity contribution in [1.29, 1.82) is 0 Å². The minimum atomic E-state index is -0.782. The maximum atomic E-state index is 11.2. The van der Waals surface area contributed by atoms with Gasteiger partial charge in [0.2, 0.25) is 0 Å². The molecule has 27 heavy (non-hydrogen) atoms. The van der Waals surface area contributed by atoms with Crippen LogP contribution in [-0.2, 0) is 17.6 Å². The molecule has 2 heterocycles. The van der Waals surface area contributed by atoms with Gasteiger partial charge in [0.25, 0.3) is 0 Å². The first-order valence-electron chi connectivity index (χ1n) is 9.80. The number of aliphatic carboxylic acids is 1. The van der Waals surface area contributed by atoms with Crippen molar-refractivity contribution in [2.75, 3.05) is 31.1 Å². The lowest BCUT2D eigenvalue weighted by atomic mass is 10.0. The number of carboxylic acid groups (broad SMARTS) is 1. The van der Waals surface area contributed by atoms with Crippen LogP contribution in [0.4, 0.5) is 11.4 Å². The van der Waals surface area contributed by atoms with Crippen molar-refractivity contribution < 1.29 is 9.90 Å². The fraction of sp³-hybridized carbons (Fsp3) is 0.348. The summed E-state index contributed by atoms with van der Waals surface area (Å²) in [7, 11) is 0. The van der Waals surface area contributed by atoms with Gasteiger partial charge in [0.15, 0.2) is 0 Å². The molecule has 0 unspecified atom stereocenters. The average molecular weight is 362 g/mol. The molecule has 0 aromatic heterocycles. The van der Waals surface area contributed by atoms with E-state index >= 15 is 0 Å². The number of carboxylic acids is 1. The summed E-state index contributed by atoms with van der Waals surface area (Å²) in [5, 5.41) is 9.23. The van der Waals surface area contributed by atoms with Gasteiger partial charge in [0, 0.05) is 43.1 Å². The van der Waals surface area contributed by atoms with Crippen LogP contribution in [0, 0.1) is 0 Å². The molecule has 140 valence electrons. The zero-order chi connectivity index (χ0) is 18.6. The van der Waals surface area contributed by atoms with Gasteiger partial charge in [-0.3, -0.25) is 4.90 Å². The minimum Gasteiger partial charge on any atom is -0.478 e. The highest BCUT2D eigenvalue weighted by Crippen LogP contribution is 2.35. The molecule has 2 aliphatic heterocycles. The zero-order valence-corrected chi connectivity index (χ0v) is 15.6. The van der Waals surface area contributed by atoms with Gasteiger partial charge in [-0.2, -0.15) is 0 Å². The maximum Gasteiger partial charge on any atom is 0.332 e. The number of anilines is 2. The molecule has 0 saturated heterocycles. The third kappa shape index (κ3) is 3.91. The van der Waals surface area contributed by atoms with Crippen molar-refractivity contribution in [3.05, 3.63) is 71.3 Å². The number of hydrogen-bond acceptors (Lipinski definition) is 3. The van der Waals surface area contributed by atoms with E-state index in [4.69, 9.17) is 0 Å². The Hall–Kier alpha value is -2.59. The SMILES string of the molecule is O=C(O)C1=CCCN(CCCN2c3ccccc3CCc3ccccc32)C1. The van der Waals surface area contributed by atoms with Crippen LogP contribution in [0.15, 0.2) is 60.2 Å². The lowest BCUT2D eigenvalue weighted by Crippen LogP contribution is -2.34. The number of rotatable bonds is 5. The fourth-order valence-corrected chi connectivity index (χ4v) is 4.22. The Morgan fingerprint density at radius 1 is 0.926 bits per heavy atom. The Kier molecular flexibility index (Phi) is 5.26. The monoisotopic (exact) mass is 362 g/mol. The molecule has 4 rings (SSSR count). The lowest BCUT2D eigenvalue weighted by Gasteiger charge is -2.30. The second kappa shape index (κ2) is 7.97. The molecule has 4 nitrogen and oxygen atoms in total. The van der Waals surface area contributed by atoms with Crippen molar-refractivity contribution in [2.45, 2.75) is 25.7 Å². The number of fused-ring (bicyclic) bond motifs is 2. The topological polar surface area (TPSA) is 43.8 Å². The van der Waals surface area contributed by atoms with E-state index in [1.165, 1.54) is 22.5 Å². The van der Waals surface area contributed by atoms with E-state index in [2.05, 4.69) is 58.3 Å². The zero-order valence-electron chi connectivity index (χ0n) is 15.6. The van der Waals surface area contributed by atoms with Crippen molar-refractivity contribution in [2.24, 2.45) is 0 Å². The second-order valence-corrected chi connectivity index (χ2v) is 7.36. The van der Waals surface area contributed by atoms with Crippen LogP contribution in [-0.4, -0.2) is 42.2 Å². The van der Waals surface area contributed by atoms with Gasteiger partial charge in [-0.1, -0.05) is 42.5 Å². The van der Waals surface area contributed by atoms with Gasteiger partial charge in [-0.05, 0) is 48.9 Å². The van der Waals surface area contributed by atoms with Gasteiger partial charge < -0.3 is 10.0 Å². The summed E-state index contributed by atoms with van der Waals surface area (Å²) in [6.07, 6.45) is 5.85. The molecule has 1 N–H and O–H groups in total. The number of carbonyl (C=O) groups is 1. The molecule has 0 saturated carbocycles. The molecule has 0 radical (unpaired) electrons. The van der Waals surface area contributed by atoms with Crippen LogP contribution in [0.5, 0.6) is 0 Å². The molecule has 0 fully saturated rings. The lowest BCUT2D eigenvalue weighted by molar-refractivity contribution is -0.133. The normalized spacial score (nSPS) is 16.9. The number of nitrogens with zero attached hydrogens (tertiary/aromatic N) is 2. The van der Waals surface area contributed by atoms with E-state index in [1.807, 2.05) is 6.08 Å². The summed E-state index contributed by atoms with van der Waals surface area (Å²) in [4.78, 5) is 15.9. The van der Waals surface area contributed by atoms with Crippen LogP contribution in [0.2, 0.25) is 0 Å². The number of para-hydroxylation sites is 2. The Labute approximate surface area is 160 Å². The predicted octanol–water partition coefficient (Wildman–Crippen LogP) is 4.03. The highest BCUT2D eigenvalue weighted by atomic mass is 16.4. The molecular formula is C23H26N2O2. The van der Waals surface area contributed by atoms with Crippen molar-refractivity contribution in [3.8, 4) is 0 Å². The first kappa shape index (κ1) is 17.8. The number of benzene rings is 2. The molecule has 4 heteroatoms. The molecule has 0 aliphatic carbocycles. The quantitative estimate of drug-likeness (QED) is 0.872. The van der Waals surface area contributed by atoms with Crippen LogP contribution < -0.4 is 4.90 Å². The molecule has 0 atom stereocenters. The molecule has 0 bridgehead atoms. The number of aryl methyl sites for hydroxylation is 2. The Morgan fingerprint density at radius 3 is 2.19 bits per heavy atom. The second-order valence-electron chi connectivity index (χ2n) is 7.36. The summed E-state index contributed by atoms with van der Waals surface area (Å²) in [5.74, 6) is -0.782. The largest absolute Gasteiger partial charge is 0.478 e. The summed E-state index contributed by atoms with van der Waals surface area (Å²) >= 11 is 0. The van der Waals surface area contributed by atoms with Gasteiger partial charge in [-0.25, -0.2) is 4.79 Å². The van der Waals surface area contributed by atoms with E-state index in [9.17, 15) is 9.90 Å². The summed E-state index contributed by atoms with van der Waals surface area (Å²) < 4.78 is 0. The van der Waals surface area contributed by atoms with Gasteiger partial charge in [0.1, 0.15) is 0 Å². The van der Waals surface area contributed by atoms with Crippen LogP contribution in [0.3, 0.4) is 0 Å².